The lowest BCUT2D eigenvalue weighted by Gasteiger charge is -2.35. The third-order valence-electron chi connectivity index (χ3n) is 5.45. The summed E-state index contributed by atoms with van der Waals surface area (Å²) in [6.07, 6.45) is 5.44. The molecule has 0 aromatic heterocycles. The highest BCUT2D eigenvalue weighted by atomic mass is 16.5. The molecule has 1 fully saturated rings. The van der Waals surface area contributed by atoms with Gasteiger partial charge in [0.15, 0.2) is 0 Å². The number of hydrogen-bond acceptors (Lipinski definition) is 2. The first kappa shape index (κ1) is 14.9. The monoisotopic (exact) mass is 287 g/mol. The van der Waals surface area contributed by atoms with Crippen molar-refractivity contribution >= 4 is 0 Å². The summed E-state index contributed by atoms with van der Waals surface area (Å²) in [5.41, 5.74) is 3.28. The third kappa shape index (κ3) is 2.83. The van der Waals surface area contributed by atoms with Gasteiger partial charge in [0, 0.05) is 12.5 Å². The molecule has 0 amide bonds. The maximum atomic E-state index is 5.85. The number of nitrogens with one attached hydrogen (secondary N) is 1. The van der Waals surface area contributed by atoms with Crippen molar-refractivity contribution in [3.63, 3.8) is 0 Å². The minimum Gasteiger partial charge on any atom is -0.490 e. The molecule has 2 heteroatoms. The van der Waals surface area contributed by atoms with Crippen molar-refractivity contribution in [3.05, 3.63) is 29.3 Å². The highest BCUT2D eigenvalue weighted by molar-refractivity contribution is 5.41. The van der Waals surface area contributed by atoms with Crippen LogP contribution in [-0.2, 0) is 6.42 Å². The second-order valence-electron chi connectivity index (χ2n) is 7.52. The average molecular weight is 287 g/mol. The Morgan fingerprint density at radius 1 is 1.38 bits per heavy atom. The first-order valence-electron chi connectivity index (χ1n) is 8.54. The fraction of sp³-hybridized carbons (Fsp3) is 0.684. The van der Waals surface area contributed by atoms with Crippen molar-refractivity contribution in [1.82, 2.24) is 5.32 Å². The summed E-state index contributed by atoms with van der Waals surface area (Å²) in [6, 6.07) is 7.33. The van der Waals surface area contributed by atoms with Crippen LogP contribution in [0.5, 0.6) is 5.75 Å². The molecule has 1 heterocycles. The van der Waals surface area contributed by atoms with Crippen molar-refractivity contribution < 1.29 is 4.74 Å². The van der Waals surface area contributed by atoms with Gasteiger partial charge in [-0.1, -0.05) is 39.3 Å². The molecule has 0 saturated heterocycles. The van der Waals surface area contributed by atoms with Crippen LogP contribution in [0.25, 0.3) is 0 Å². The summed E-state index contributed by atoms with van der Waals surface area (Å²) >= 11 is 0. The van der Waals surface area contributed by atoms with Gasteiger partial charge < -0.3 is 10.1 Å². The van der Waals surface area contributed by atoms with Crippen molar-refractivity contribution in [3.8, 4) is 5.75 Å². The van der Waals surface area contributed by atoms with Crippen LogP contribution >= 0.6 is 0 Å². The molecule has 0 bridgehead atoms. The van der Waals surface area contributed by atoms with E-state index in [9.17, 15) is 0 Å². The molecule has 3 unspecified atom stereocenters. The molecule has 2 nitrogen and oxygen atoms in total. The molecule has 116 valence electrons. The highest BCUT2D eigenvalue weighted by Crippen LogP contribution is 2.49. The first-order valence-corrected chi connectivity index (χ1v) is 8.54. The standard InChI is InChI=1S/C19H29NO/c1-5-20-18(16-7-6-10-19(16,3)4)14-8-9-17-15(12-14)11-13(2)21-17/h8-9,12-13,16,18,20H,5-7,10-11H2,1-4H3. The maximum Gasteiger partial charge on any atom is 0.123 e. The van der Waals surface area contributed by atoms with Crippen molar-refractivity contribution in [2.24, 2.45) is 11.3 Å². The minimum atomic E-state index is 0.329. The Labute approximate surface area is 129 Å². The quantitative estimate of drug-likeness (QED) is 0.881. The van der Waals surface area contributed by atoms with Crippen LogP contribution in [-0.4, -0.2) is 12.6 Å². The van der Waals surface area contributed by atoms with E-state index in [4.69, 9.17) is 4.74 Å². The molecule has 21 heavy (non-hydrogen) atoms. The molecule has 1 aromatic rings. The van der Waals surface area contributed by atoms with E-state index in [2.05, 4.69) is 51.2 Å². The lowest BCUT2D eigenvalue weighted by Crippen LogP contribution is -2.34. The number of benzene rings is 1. The number of rotatable bonds is 4. The second kappa shape index (κ2) is 5.64. The van der Waals surface area contributed by atoms with Gasteiger partial charge in [-0.05, 0) is 54.8 Å². The summed E-state index contributed by atoms with van der Waals surface area (Å²) in [5, 5.41) is 3.76. The molecule has 1 aromatic carbocycles. The minimum absolute atomic E-state index is 0.329. The summed E-state index contributed by atoms with van der Waals surface area (Å²) in [7, 11) is 0. The number of ether oxygens (including phenoxy) is 1. The highest BCUT2D eigenvalue weighted by Gasteiger charge is 2.40. The molecular weight excluding hydrogens is 258 g/mol. The molecule has 1 aliphatic heterocycles. The number of hydrogen-bond donors (Lipinski definition) is 1. The van der Waals surface area contributed by atoms with E-state index in [1.54, 1.807) is 0 Å². The molecule has 3 rings (SSSR count). The largest absolute Gasteiger partial charge is 0.490 e. The topological polar surface area (TPSA) is 21.3 Å². The fourth-order valence-corrected chi connectivity index (χ4v) is 4.32. The third-order valence-corrected chi connectivity index (χ3v) is 5.45. The average Bonchev–Trinajstić information content (AvgIpc) is 2.96. The smallest absolute Gasteiger partial charge is 0.123 e. The van der Waals surface area contributed by atoms with E-state index >= 15 is 0 Å². The lowest BCUT2D eigenvalue weighted by molar-refractivity contribution is 0.199. The van der Waals surface area contributed by atoms with Crippen LogP contribution in [0.2, 0.25) is 0 Å². The molecule has 2 aliphatic rings. The van der Waals surface area contributed by atoms with Crippen LogP contribution in [0.15, 0.2) is 18.2 Å². The zero-order valence-electron chi connectivity index (χ0n) is 13.9. The Hall–Kier alpha value is -1.02. The molecular formula is C19H29NO. The Morgan fingerprint density at radius 2 is 2.19 bits per heavy atom. The van der Waals surface area contributed by atoms with Crippen LogP contribution in [0.1, 0.15) is 64.1 Å². The number of fused-ring (bicyclic) bond motifs is 1. The molecule has 1 N–H and O–H groups in total. The van der Waals surface area contributed by atoms with Gasteiger partial charge in [0.25, 0.3) is 0 Å². The van der Waals surface area contributed by atoms with E-state index in [0.29, 0.717) is 17.6 Å². The summed E-state index contributed by atoms with van der Waals surface area (Å²) in [4.78, 5) is 0. The summed E-state index contributed by atoms with van der Waals surface area (Å²) in [6.45, 7) is 10.3. The normalized spacial score (nSPS) is 28.2. The first-order chi connectivity index (χ1) is 10.0. The van der Waals surface area contributed by atoms with E-state index in [0.717, 1.165) is 24.6 Å². The molecule has 0 spiro atoms. The second-order valence-corrected chi connectivity index (χ2v) is 7.52. The zero-order valence-corrected chi connectivity index (χ0v) is 13.9. The Bertz CT molecular complexity index is 508. The van der Waals surface area contributed by atoms with Gasteiger partial charge >= 0.3 is 0 Å². The maximum absolute atomic E-state index is 5.85. The van der Waals surface area contributed by atoms with Crippen molar-refractivity contribution in [2.45, 2.75) is 65.5 Å². The van der Waals surface area contributed by atoms with Crippen molar-refractivity contribution in [2.75, 3.05) is 6.54 Å². The fourth-order valence-electron chi connectivity index (χ4n) is 4.32. The molecule has 0 radical (unpaired) electrons. The lowest BCUT2D eigenvalue weighted by atomic mass is 9.75. The summed E-state index contributed by atoms with van der Waals surface area (Å²) in [5.74, 6) is 1.82. The zero-order chi connectivity index (χ0) is 15.0. The molecule has 1 aliphatic carbocycles. The van der Waals surface area contributed by atoms with Gasteiger partial charge in [0.1, 0.15) is 11.9 Å². The molecule has 1 saturated carbocycles. The summed E-state index contributed by atoms with van der Waals surface area (Å²) < 4.78 is 5.85. The Kier molecular flexibility index (Phi) is 4.00. The van der Waals surface area contributed by atoms with Gasteiger partial charge in [0.2, 0.25) is 0 Å². The Balaban J connectivity index is 1.90. The van der Waals surface area contributed by atoms with Gasteiger partial charge in [-0.2, -0.15) is 0 Å². The van der Waals surface area contributed by atoms with E-state index in [1.165, 1.54) is 30.4 Å². The van der Waals surface area contributed by atoms with E-state index in [1.807, 2.05) is 0 Å². The predicted molar refractivity (Wildman–Crippen MR) is 87.8 cm³/mol. The Morgan fingerprint density at radius 3 is 2.86 bits per heavy atom. The van der Waals surface area contributed by atoms with Crippen LogP contribution < -0.4 is 10.1 Å². The van der Waals surface area contributed by atoms with Crippen LogP contribution in [0, 0.1) is 11.3 Å². The van der Waals surface area contributed by atoms with Crippen molar-refractivity contribution in [1.29, 1.82) is 0 Å². The van der Waals surface area contributed by atoms with Crippen LogP contribution in [0.4, 0.5) is 0 Å². The van der Waals surface area contributed by atoms with E-state index in [-0.39, 0.29) is 0 Å². The van der Waals surface area contributed by atoms with Gasteiger partial charge in [0.05, 0.1) is 0 Å². The van der Waals surface area contributed by atoms with Gasteiger partial charge in [-0.25, -0.2) is 0 Å². The van der Waals surface area contributed by atoms with Gasteiger partial charge in [-0.15, -0.1) is 0 Å². The van der Waals surface area contributed by atoms with Gasteiger partial charge in [-0.3, -0.25) is 0 Å². The van der Waals surface area contributed by atoms with E-state index < -0.39 is 0 Å². The predicted octanol–water partition coefficient (Wildman–Crippen LogP) is 4.49. The van der Waals surface area contributed by atoms with Crippen LogP contribution in [0.3, 0.4) is 0 Å². The molecule has 3 atom stereocenters. The SMILES string of the molecule is CCNC(c1ccc2c(c1)CC(C)O2)C1CCCC1(C)C.